The standard InChI is InChI=1S/C14H24N2S/c1-12(2)16-8-6-14(7-9-16,11-15-3)13-5-4-10-17-13/h4-5,10,12,15H,6-9,11H2,1-3H3. The molecule has 1 aliphatic rings. The van der Waals surface area contributed by atoms with Crippen LogP contribution in [0.2, 0.25) is 0 Å². The van der Waals surface area contributed by atoms with Crippen LogP contribution in [0.4, 0.5) is 0 Å². The topological polar surface area (TPSA) is 15.3 Å². The van der Waals surface area contributed by atoms with Crippen molar-refractivity contribution in [3.63, 3.8) is 0 Å². The van der Waals surface area contributed by atoms with Gasteiger partial charge in [-0.15, -0.1) is 11.3 Å². The van der Waals surface area contributed by atoms with E-state index in [1.807, 2.05) is 11.3 Å². The lowest BCUT2D eigenvalue weighted by atomic mass is 9.76. The Morgan fingerprint density at radius 3 is 2.59 bits per heavy atom. The molecule has 0 atom stereocenters. The number of nitrogens with zero attached hydrogens (tertiary/aromatic N) is 1. The summed E-state index contributed by atoms with van der Waals surface area (Å²) in [5, 5.41) is 5.61. The first-order valence-electron chi connectivity index (χ1n) is 6.60. The van der Waals surface area contributed by atoms with Gasteiger partial charge in [0.1, 0.15) is 0 Å². The van der Waals surface area contributed by atoms with Crippen LogP contribution in [0, 0.1) is 0 Å². The van der Waals surface area contributed by atoms with Crippen LogP contribution in [0.25, 0.3) is 0 Å². The number of likely N-dealkylation sites (tertiary alicyclic amines) is 1. The van der Waals surface area contributed by atoms with Gasteiger partial charge < -0.3 is 10.2 Å². The predicted molar refractivity (Wildman–Crippen MR) is 75.9 cm³/mol. The molecule has 17 heavy (non-hydrogen) atoms. The fourth-order valence-electron chi connectivity index (χ4n) is 2.90. The van der Waals surface area contributed by atoms with Crippen molar-refractivity contribution < 1.29 is 0 Å². The molecule has 0 radical (unpaired) electrons. The molecule has 1 N–H and O–H groups in total. The van der Waals surface area contributed by atoms with Gasteiger partial charge in [-0.2, -0.15) is 0 Å². The molecule has 2 heterocycles. The summed E-state index contributed by atoms with van der Waals surface area (Å²) < 4.78 is 0. The Balaban J connectivity index is 2.11. The molecule has 0 spiro atoms. The number of hydrogen-bond acceptors (Lipinski definition) is 3. The number of rotatable bonds is 4. The minimum absolute atomic E-state index is 0.383. The summed E-state index contributed by atoms with van der Waals surface area (Å²) >= 11 is 1.92. The second-order valence-electron chi connectivity index (χ2n) is 5.42. The van der Waals surface area contributed by atoms with Gasteiger partial charge in [-0.25, -0.2) is 0 Å². The van der Waals surface area contributed by atoms with Crippen molar-refractivity contribution >= 4 is 11.3 Å². The Morgan fingerprint density at radius 1 is 1.41 bits per heavy atom. The maximum absolute atomic E-state index is 3.40. The normalized spacial score (nSPS) is 20.9. The Morgan fingerprint density at radius 2 is 2.12 bits per heavy atom. The Labute approximate surface area is 109 Å². The van der Waals surface area contributed by atoms with E-state index in [0.29, 0.717) is 11.5 Å². The molecule has 2 nitrogen and oxygen atoms in total. The maximum Gasteiger partial charge on any atom is 0.0196 e. The van der Waals surface area contributed by atoms with Gasteiger partial charge in [0, 0.05) is 22.9 Å². The van der Waals surface area contributed by atoms with E-state index in [9.17, 15) is 0 Å². The molecule has 96 valence electrons. The van der Waals surface area contributed by atoms with E-state index in [4.69, 9.17) is 0 Å². The first-order chi connectivity index (χ1) is 8.18. The highest BCUT2D eigenvalue weighted by atomic mass is 32.1. The highest BCUT2D eigenvalue weighted by molar-refractivity contribution is 7.10. The van der Waals surface area contributed by atoms with Crippen molar-refractivity contribution in [2.24, 2.45) is 0 Å². The number of thiophene rings is 1. The lowest BCUT2D eigenvalue weighted by Crippen LogP contribution is -2.48. The van der Waals surface area contributed by atoms with Gasteiger partial charge >= 0.3 is 0 Å². The SMILES string of the molecule is CNCC1(c2cccs2)CCN(C(C)C)CC1. The van der Waals surface area contributed by atoms with Crippen LogP contribution in [0.5, 0.6) is 0 Å². The Bertz CT molecular complexity index is 324. The molecule has 1 fully saturated rings. The average Bonchev–Trinajstić information content (AvgIpc) is 2.84. The lowest BCUT2D eigenvalue weighted by molar-refractivity contribution is 0.130. The first-order valence-corrected chi connectivity index (χ1v) is 7.48. The summed E-state index contributed by atoms with van der Waals surface area (Å²) in [6.07, 6.45) is 2.57. The molecule has 1 aromatic rings. The van der Waals surface area contributed by atoms with Crippen LogP contribution in [0.1, 0.15) is 31.6 Å². The fraction of sp³-hybridized carbons (Fsp3) is 0.714. The molecular weight excluding hydrogens is 228 g/mol. The van der Waals surface area contributed by atoms with Gasteiger partial charge in [-0.05, 0) is 58.3 Å². The highest BCUT2D eigenvalue weighted by Crippen LogP contribution is 2.37. The average molecular weight is 252 g/mol. The summed E-state index contributed by atoms with van der Waals surface area (Å²) in [5.74, 6) is 0. The zero-order valence-electron chi connectivity index (χ0n) is 11.2. The second kappa shape index (κ2) is 5.51. The van der Waals surface area contributed by atoms with E-state index in [0.717, 1.165) is 6.54 Å². The zero-order valence-corrected chi connectivity index (χ0v) is 12.0. The molecule has 0 amide bonds. The summed E-state index contributed by atoms with van der Waals surface area (Å²) in [7, 11) is 2.07. The van der Waals surface area contributed by atoms with Crippen molar-refractivity contribution in [3.05, 3.63) is 22.4 Å². The lowest BCUT2D eigenvalue weighted by Gasteiger charge is -2.43. The van der Waals surface area contributed by atoms with E-state index in [1.54, 1.807) is 4.88 Å². The number of hydrogen-bond donors (Lipinski definition) is 1. The minimum Gasteiger partial charge on any atom is -0.319 e. The molecule has 3 heteroatoms. The molecule has 0 saturated carbocycles. The molecule has 2 rings (SSSR count). The van der Waals surface area contributed by atoms with Crippen LogP contribution >= 0.6 is 11.3 Å². The molecule has 0 bridgehead atoms. The van der Waals surface area contributed by atoms with E-state index >= 15 is 0 Å². The van der Waals surface area contributed by atoms with Crippen molar-refractivity contribution in [3.8, 4) is 0 Å². The second-order valence-corrected chi connectivity index (χ2v) is 6.37. The quantitative estimate of drug-likeness (QED) is 0.886. The first kappa shape index (κ1) is 13.1. The Hall–Kier alpha value is -0.380. The van der Waals surface area contributed by atoms with Crippen LogP contribution in [0.3, 0.4) is 0 Å². The van der Waals surface area contributed by atoms with Gasteiger partial charge in [0.25, 0.3) is 0 Å². The Kier molecular flexibility index (Phi) is 4.23. The van der Waals surface area contributed by atoms with Crippen LogP contribution < -0.4 is 5.32 Å². The number of piperidine rings is 1. The molecular formula is C14H24N2S. The maximum atomic E-state index is 3.40. The summed E-state index contributed by atoms with van der Waals surface area (Å²) in [4.78, 5) is 4.16. The third kappa shape index (κ3) is 2.72. The molecule has 1 aromatic heterocycles. The van der Waals surface area contributed by atoms with E-state index in [1.165, 1.54) is 25.9 Å². The van der Waals surface area contributed by atoms with E-state index in [-0.39, 0.29) is 0 Å². The van der Waals surface area contributed by atoms with E-state index in [2.05, 4.69) is 48.6 Å². The van der Waals surface area contributed by atoms with Gasteiger partial charge in [-0.3, -0.25) is 0 Å². The summed E-state index contributed by atoms with van der Waals surface area (Å²) in [5.41, 5.74) is 0.383. The summed E-state index contributed by atoms with van der Waals surface area (Å²) in [6.45, 7) is 8.18. The molecule has 0 aliphatic carbocycles. The van der Waals surface area contributed by atoms with Gasteiger partial charge in [0.2, 0.25) is 0 Å². The summed E-state index contributed by atoms with van der Waals surface area (Å²) in [6, 6.07) is 5.19. The van der Waals surface area contributed by atoms with Crippen molar-refractivity contribution in [2.75, 3.05) is 26.7 Å². The molecule has 1 saturated heterocycles. The van der Waals surface area contributed by atoms with Crippen molar-refractivity contribution in [1.82, 2.24) is 10.2 Å². The third-order valence-electron chi connectivity index (χ3n) is 4.04. The molecule has 0 aromatic carbocycles. The van der Waals surface area contributed by atoms with Crippen molar-refractivity contribution in [2.45, 2.75) is 38.1 Å². The fourth-order valence-corrected chi connectivity index (χ4v) is 3.88. The highest BCUT2D eigenvalue weighted by Gasteiger charge is 2.36. The van der Waals surface area contributed by atoms with Crippen LogP contribution in [-0.4, -0.2) is 37.6 Å². The van der Waals surface area contributed by atoms with Gasteiger partial charge in [0.15, 0.2) is 0 Å². The number of likely N-dealkylation sites (N-methyl/N-ethyl adjacent to an activating group) is 1. The third-order valence-corrected chi connectivity index (χ3v) is 5.16. The largest absolute Gasteiger partial charge is 0.319 e. The monoisotopic (exact) mass is 252 g/mol. The molecule has 1 aliphatic heterocycles. The minimum atomic E-state index is 0.383. The van der Waals surface area contributed by atoms with E-state index < -0.39 is 0 Å². The van der Waals surface area contributed by atoms with Crippen LogP contribution in [-0.2, 0) is 5.41 Å². The smallest absolute Gasteiger partial charge is 0.0196 e. The molecule has 0 unspecified atom stereocenters. The number of nitrogens with one attached hydrogen (secondary N) is 1. The van der Waals surface area contributed by atoms with Gasteiger partial charge in [0.05, 0.1) is 0 Å². The van der Waals surface area contributed by atoms with Crippen LogP contribution in [0.15, 0.2) is 17.5 Å². The predicted octanol–water partition coefficient (Wildman–Crippen LogP) is 2.71. The van der Waals surface area contributed by atoms with Crippen molar-refractivity contribution in [1.29, 1.82) is 0 Å². The zero-order chi connectivity index (χ0) is 12.3. The van der Waals surface area contributed by atoms with Gasteiger partial charge in [-0.1, -0.05) is 6.07 Å².